The molecule has 68 valence electrons. The lowest BCUT2D eigenvalue weighted by atomic mass is 10.7. The second-order valence-corrected chi connectivity index (χ2v) is 3.02. The summed E-state index contributed by atoms with van der Waals surface area (Å²) < 4.78 is 39.8. The first kappa shape index (κ1) is 9.37. The highest BCUT2D eigenvalue weighted by Gasteiger charge is 2.38. The highest BCUT2D eigenvalue weighted by molar-refractivity contribution is 7.99. The fourth-order valence-electron chi connectivity index (χ4n) is 0.506. The molecule has 1 aromatic rings. The number of rotatable bonds is 2. The average Bonchev–Trinajstić information content (AvgIpc) is 2.35. The van der Waals surface area contributed by atoms with Crippen molar-refractivity contribution >= 4 is 11.8 Å². The van der Waals surface area contributed by atoms with Gasteiger partial charge in [-0.2, -0.15) is 13.2 Å². The number of alkyl halides is 3. The zero-order valence-corrected chi connectivity index (χ0v) is 6.87. The molecule has 1 aromatic heterocycles. The molecular formula is C5H5F3N2OS. The van der Waals surface area contributed by atoms with Crippen LogP contribution in [0.1, 0.15) is 12.8 Å². The van der Waals surface area contributed by atoms with Crippen LogP contribution in [0, 0.1) is 0 Å². The highest BCUT2D eigenvalue weighted by Crippen LogP contribution is 2.29. The van der Waals surface area contributed by atoms with Gasteiger partial charge in [-0.3, -0.25) is 0 Å². The maximum Gasteiger partial charge on any atom is 0.470 e. The molecule has 0 amide bonds. The van der Waals surface area contributed by atoms with Crippen LogP contribution in [0.2, 0.25) is 0 Å². The summed E-state index contributed by atoms with van der Waals surface area (Å²) in [6.45, 7) is 1.78. The number of thioether (sulfide) groups is 1. The Balaban J connectivity index is 2.77. The molecule has 1 heterocycles. The van der Waals surface area contributed by atoms with Crippen LogP contribution in [0.25, 0.3) is 0 Å². The fraction of sp³-hybridized carbons (Fsp3) is 0.600. The van der Waals surface area contributed by atoms with Crippen molar-refractivity contribution in [1.82, 2.24) is 10.2 Å². The summed E-state index contributed by atoms with van der Waals surface area (Å²) in [6.07, 6.45) is -4.54. The zero-order valence-electron chi connectivity index (χ0n) is 6.05. The van der Waals surface area contributed by atoms with E-state index in [1.54, 1.807) is 6.92 Å². The van der Waals surface area contributed by atoms with Gasteiger partial charge < -0.3 is 4.42 Å². The van der Waals surface area contributed by atoms with Gasteiger partial charge in [0.25, 0.3) is 5.22 Å². The summed E-state index contributed by atoms with van der Waals surface area (Å²) in [5.41, 5.74) is 0. The van der Waals surface area contributed by atoms with E-state index in [1.165, 1.54) is 0 Å². The van der Waals surface area contributed by atoms with Gasteiger partial charge in [0, 0.05) is 0 Å². The first-order valence-electron chi connectivity index (χ1n) is 3.07. The van der Waals surface area contributed by atoms with Crippen LogP contribution in [0.5, 0.6) is 0 Å². The van der Waals surface area contributed by atoms with Crippen molar-refractivity contribution in [2.45, 2.75) is 18.3 Å². The van der Waals surface area contributed by atoms with E-state index in [0.29, 0.717) is 5.75 Å². The molecule has 0 bridgehead atoms. The van der Waals surface area contributed by atoms with Gasteiger partial charge in [-0.05, 0) is 5.75 Å². The fourth-order valence-corrected chi connectivity index (χ4v) is 0.989. The van der Waals surface area contributed by atoms with Crippen LogP contribution >= 0.6 is 11.8 Å². The maximum atomic E-state index is 11.8. The van der Waals surface area contributed by atoms with Gasteiger partial charge in [0.2, 0.25) is 0 Å². The standard InChI is InChI=1S/C5H5F3N2OS/c1-2-12-4-10-9-3(11-4)5(6,7)8/h2H2,1H3. The Morgan fingerprint density at radius 2 is 2.08 bits per heavy atom. The molecule has 12 heavy (non-hydrogen) atoms. The normalized spacial score (nSPS) is 12.0. The monoisotopic (exact) mass is 198 g/mol. The number of hydrogen-bond acceptors (Lipinski definition) is 4. The summed E-state index contributed by atoms with van der Waals surface area (Å²) in [5, 5.41) is 5.99. The van der Waals surface area contributed by atoms with Crippen LogP contribution in [0.4, 0.5) is 13.2 Å². The van der Waals surface area contributed by atoms with E-state index >= 15 is 0 Å². The molecule has 0 fully saturated rings. The number of halogens is 3. The van der Waals surface area contributed by atoms with Crippen molar-refractivity contribution in [1.29, 1.82) is 0 Å². The van der Waals surface area contributed by atoms with Crippen LogP contribution in [0.15, 0.2) is 9.64 Å². The van der Waals surface area contributed by atoms with Gasteiger partial charge in [0.15, 0.2) is 0 Å². The third-order valence-electron chi connectivity index (χ3n) is 0.917. The van der Waals surface area contributed by atoms with E-state index in [1.807, 2.05) is 0 Å². The Kier molecular flexibility index (Phi) is 2.61. The molecule has 0 saturated carbocycles. The van der Waals surface area contributed by atoms with Crippen molar-refractivity contribution < 1.29 is 17.6 Å². The molecule has 7 heteroatoms. The molecule has 0 atom stereocenters. The highest BCUT2D eigenvalue weighted by atomic mass is 32.2. The van der Waals surface area contributed by atoms with Crippen molar-refractivity contribution in [3.63, 3.8) is 0 Å². The van der Waals surface area contributed by atoms with E-state index in [4.69, 9.17) is 0 Å². The van der Waals surface area contributed by atoms with E-state index in [9.17, 15) is 13.2 Å². The van der Waals surface area contributed by atoms with Crippen LogP contribution in [0.3, 0.4) is 0 Å². The third kappa shape index (κ3) is 2.13. The van der Waals surface area contributed by atoms with E-state index in [0.717, 1.165) is 11.8 Å². The quantitative estimate of drug-likeness (QED) is 0.683. The van der Waals surface area contributed by atoms with Gasteiger partial charge in [-0.15, -0.1) is 10.2 Å². The lowest BCUT2D eigenvalue weighted by molar-refractivity contribution is -0.158. The average molecular weight is 198 g/mol. The largest absolute Gasteiger partial charge is 0.470 e. The smallest absolute Gasteiger partial charge is 0.408 e. The van der Waals surface area contributed by atoms with Crippen LogP contribution in [-0.4, -0.2) is 16.0 Å². The van der Waals surface area contributed by atoms with E-state index < -0.39 is 12.1 Å². The molecule has 0 aliphatic rings. The minimum atomic E-state index is -4.54. The van der Waals surface area contributed by atoms with Crippen molar-refractivity contribution in [3.05, 3.63) is 5.89 Å². The zero-order chi connectivity index (χ0) is 9.19. The SMILES string of the molecule is CCSc1nnc(C(F)(F)F)o1. The van der Waals surface area contributed by atoms with Gasteiger partial charge in [-0.1, -0.05) is 18.7 Å². The van der Waals surface area contributed by atoms with Gasteiger partial charge in [0.05, 0.1) is 0 Å². The third-order valence-corrected chi connectivity index (χ3v) is 1.62. The molecule has 0 radical (unpaired) electrons. The summed E-state index contributed by atoms with van der Waals surface area (Å²) in [5.74, 6) is -0.696. The molecular weight excluding hydrogens is 193 g/mol. The summed E-state index contributed by atoms with van der Waals surface area (Å²) in [6, 6.07) is 0. The molecule has 0 aliphatic carbocycles. The molecule has 0 unspecified atom stereocenters. The second-order valence-electron chi connectivity index (χ2n) is 1.80. The molecule has 3 nitrogen and oxygen atoms in total. The first-order valence-corrected chi connectivity index (χ1v) is 4.06. The van der Waals surface area contributed by atoms with Crippen LogP contribution < -0.4 is 0 Å². The summed E-state index contributed by atoms with van der Waals surface area (Å²) in [4.78, 5) is 0. The Morgan fingerprint density at radius 3 is 2.50 bits per heavy atom. The Morgan fingerprint density at radius 1 is 1.42 bits per heavy atom. The number of aromatic nitrogens is 2. The lowest BCUT2D eigenvalue weighted by Crippen LogP contribution is -2.04. The van der Waals surface area contributed by atoms with Crippen LogP contribution in [-0.2, 0) is 6.18 Å². The Hall–Kier alpha value is -0.720. The number of hydrogen-bond donors (Lipinski definition) is 0. The molecule has 0 N–H and O–H groups in total. The minimum absolute atomic E-state index is 0.0511. The molecule has 1 rings (SSSR count). The number of nitrogens with zero attached hydrogens (tertiary/aromatic N) is 2. The first-order chi connectivity index (χ1) is 5.54. The Labute approximate surface area is 70.3 Å². The van der Waals surface area contributed by atoms with Gasteiger partial charge >= 0.3 is 12.1 Å². The Bertz CT molecular complexity index is 259. The van der Waals surface area contributed by atoms with Gasteiger partial charge in [0.1, 0.15) is 0 Å². The predicted octanol–water partition coefficient (Wildman–Crippen LogP) is 2.20. The van der Waals surface area contributed by atoms with Gasteiger partial charge in [-0.25, -0.2) is 0 Å². The maximum absolute atomic E-state index is 11.8. The molecule has 0 spiro atoms. The van der Waals surface area contributed by atoms with Crippen molar-refractivity contribution in [2.24, 2.45) is 0 Å². The second kappa shape index (κ2) is 3.34. The lowest BCUT2D eigenvalue weighted by Gasteiger charge is -1.96. The molecule has 0 aromatic carbocycles. The summed E-state index contributed by atoms with van der Waals surface area (Å²) in [7, 11) is 0. The molecule has 0 saturated heterocycles. The summed E-state index contributed by atoms with van der Waals surface area (Å²) >= 11 is 1.07. The van der Waals surface area contributed by atoms with Crippen molar-refractivity contribution in [2.75, 3.05) is 5.75 Å². The topological polar surface area (TPSA) is 38.9 Å². The van der Waals surface area contributed by atoms with Crippen molar-refractivity contribution in [3.8, 4) is 0 Å². The van der Waals surface area contributed by atoms with E-state index in [2.05, 4.69) is 14.6 Å². The molecule has 0 aliphatic heterocycles. The van der Waals surface area contributed by atoms with E-state index in [-0.39, 0.29) is 5.22 Å². The predicted molar refractivity (Wildman–Crippen MR) is 35.7 cm³/mol. The minimum Gasteiger partial charge on any atom is -0.408 e.